The zero-order valence-corrected chi connectivity index (χ0v) is 11.6. The van der Waals surface area contributed by atoms with Gasteiger partial charge in [0.05, 0.1) is 12.2 Å². The molecule has 1 aromatic carbocycles. The molecule has 0 aliphatic heterocycles. The number of amides is 2. The van der Waals surface area contributed by atoms with Crippen LogP contribution in [-0.4, -0.2) is 27.8 Å². The van der Waals surface area contributed by atoms with Gasteiger partial charge in [0.25, 0.3) is 0 Å². The van der Waals surface area contributed by atoms with E-state index in [1.165, 1.54) is 0 Å². The van der Waals surface area contributed by atoms with E-state index in [0.717, 1.165) is 5.69 Å². The minimum absolute atomic E-state index is 0.201. The van der Waals surface area contributed by atoms with Gasteiger partial charge in [-0.2, -0.15) is 5.10 Å². The molecular weight excluding hydrogens is 264 g/mol. The van der Waals surface area contributed by atoms with Crippen molar-refractivity contribution >= 4 is 23.3 Å². The molecule has 0 fully saturated rings. The van der Waals surface area contributed by atoms with Crippen molar-refractivity contribution in [1.82, 2.24) is 14.7 Å². The van der Waals surface area contributed by atoms with Gasteiger partial charge in [-0.25, -0.2) is 4.79 Å². The van der Waals surface area contributed by atoms with E-state index >= 15 is 0 Å². The number of aryl methyl sites for hydroxylation is 1. The second-order valence-corrected chi connectivity index (χ2v) is 4.71. The number of anilines is 1. The molecule has 1 aromatic heterocycles. The Balaban J connectivity index is 1.96. The molecule has 19 heavy (non-hydrogen) atoms. The summed E-state index contributed by atoms with van der Waals surface area (Å²) in [7, 11) is 3.56. The van der Waals surface area contributed by atoms with Gasteiger partial charge >= 0.3 is 6.03 Å². The minimum Gasteiger partial charge on any atom is -0.322 e. The van der Waals surface area contributed by atoms with Crippen molar-refractivity contribution in [3.63, 3.8) is 0 Å². The van der Waals surface area contributed by atoms with Crippen LogP contribution in [0.1, 0.15) is 5.69 Å². The van der Waals surface area contributed by atoms with Gasteiger partial charge in [0.1, 0.15) is 0 Å². The van der Waals surface area contributed by atoms with Crippen molar-refractivity contribution in [3.8, 4) is 0 Å². The molecule has 6 heteroatoms. The lowest BCUT2D eigenvalue weighted by atomic mass is 10.3. The van der Waals surface area contributed by atoms with Crippen LogP contribution in [0.4, 0.5) is 10.5 Å². The summed E-state index contributed by atoms with van der Waals surface area (Å²) in [5.41, 5.74) is 1.51. The van der Waals surface area contributed by atoms with Crippen molar-refractivity contribution in [2.75, 3.05) is 12.4 Å². The third kappa shape index (κ3) is 3.72. The Morgan fingerprint density at radius 3 is 2.89 bits per heavy atom. The Hall–Kier alpha value is -2.01. The van der Waals surface area contributed by atoms with E-state index in [4.69, 9.17) is 11.6 Å². The summed E-state index contributed by atoms with van der Waals surface area (Å²) in [5, 5.41) is 7.59. The van der Waals surface area contributed by atoms with Crippen molar-refractivity contribution in [1.29, 1.82) is 0 Å². The predicted octanol–water partition coefficient (Wildman–Crippen LogP) is 2.74. The quantitative estimate of drug-likeness (QED) is 0.938. The smallest absolute Gasteiger partial charge is 0.321 e. The first-order valence-corrected chi connectivity index (χ1v) is 6.18. The van der Waals surface area contributed by atoms with E-state index in [0.29, 0.717) is 17.3 Å². The third-order valence-electron chi connectivity index (χ3n) is 2.59. The summed E-state index contributed by atoms with van der Waals surface area (Å²) in [6, 6.07) is 8.72. The first kappa shape index (κ1) is 13.4. The Morgan fingerprint density at radius 1 is 1.47 bits per heavy atom. The molecule has 1 N–H and O–H groups in total. The van der Waals surface area contributed by atoms with Crippen molar-refractivity contribution in [2.45, 2.75) is 6.54 Å². The van der Waals surface area contributed by atoms with Gasteiger partial charge in [0.2, 0.25) is 0 Å². The molecule has 5 nitrogen and oxygen atoms in total. The summed E-state index contributed by atoms with van der Waals surface area (Å²) in [6.07, 6.45) is 1.85. The van der Waals surface area contributed by atoms with Gasteiger partial charge in [-0.05, 0) is 24.3 Å². The van der Waals surface area contributed by atoms with Gasteiger partial charge in [0, 0.05) is 31.0 Å². The highest BCUT2D eigenvalue weighted by atomic mass is 35.5. The highest BCUT2D eigenvalue weighted by Crippen LogP contribution is 2.15. The number of hydrogen-bond acceptors (Lipinski definition) is 2. The lowest BCUT2D eigenvalue weighted by Gasteiger charge is -2.16. The zero-order chi connectivity index (χ0) is 13.8. The fraction of sp³-hybridized carbons (Fsp3) is 0.231. The maximum absolute atomic E-state index is 12.0. The fourth-order valence-corrected chi connectivity index (χ4v) is 1.84. The number of nitrogens with zero attached hydrogens (tertiary/aromatic N) is 3. The van der Waals surface area contributed by atoms with E-state index in [-0.39, 0.29) is 6.03 Å². The number of hydrogen-bond donors (Lipinski definition) is 1. The summed E-state index contributed by atoms with van der Waals surface area (Å²) < 4.78 is 1.71. The summed E-state index contributed by atoms with van der Waals surface area (Å²) in [5.74, 6) is 0. The van der Waals surface area contributed by atoms with Crippen LogP contribution in [0.2, 0.25) is 5.02 Å². The van der Waals surface area contributed by atoms with Crippen LogP contribution < -0.4 is 5.32 Å². The monoisotopic (exact) mass is 278 g/mol. The van der Waals surface area contributed by atoms with Crippen LogP contribution >= 0.6 is 11.6 Å². The molecule has 2 aromatic rings. The average molecular weight is 279 g/mol. The van der Waals surface area contributed by atoms with E-state index < -0.39 is 0 Å². The maximum atomic E-state index is 12.0. The highest BCUT2D eigenvalue weighted by molar-refractivity contribution is 6.30. The number of aromatic nitrogens is 2. The molecule has 0 bridgehead atoms. The molecule has 2 amide bonds. The van der Waals surface area contributed by atoms with Crippen LogP contribution in [0.5, 0.6) is 0 Å². The second kappa shape index (κ2) is 5.75. The molecule has 0 aliphatic rings. The van der Waals surface area contributed by atoms with E-state index in [2.05, 4.69) is 10.4 Å². The maximum Gasteiger partial charge on any atom is 0.321 e. The molecule has 0 spiro atoms. The first-order valence-electron chi connectivity index (χ1n) is 5.81. The fourth-order valence-electron chi connectivity index (χ4n) is 1.65. The minimum atomic E-state index is -0.201. The summed E-state index contributed by atoms with van der Waals surface area (Å²) in [6.45, 7) is 0.452. The lowest BCUT2D eigenvalue weighted by molar-refractivity contribution is 0.220. The largest absolute Gasteiger partial charge is 0.322 e. The molecule has 0 atom stereocenters. The normalized spacial score (nSPS) is 10.3. The molecule has 0 saturated carbocycles. The number of rotatable bonds is 3. The number of urea groups is 1. The molecule has 100 valence electrons. The van der Waals surface area contributed by atoms with Crippen molar-refractivity contribution in [3.05, 3.63) is 47.2 Å². The average Bonchev–Trinajstić information content (AvgIpc) is 2.74. The van der Waals surface area contributed by atoms with E-state index in [1.807, 2.05) is 19.3 Å². The van der Waals surface area contributed by atoms with Gasteiger partial charge in [0.15, 0.2) is 0 Å². The Kier molecular flexibility index (Phi) is 4.06. The van der Waals surface area contributed by atoms with Gasteiger partial charge in [-0.15, -0.1) is 0 Å². The molecule has 0 saturated heterocycles. The highest BCUT2D eigenvalue weighted by Gasteiger charge is 2.10. The summed E-state index contributed by atoms with van der Waals surface area (Å²) >= 11 is 5.86. The predicted molar refractivity (Wildman–Crippen MR) is 75.1 cm³/mol. The van der Waals surface area contributed by atoms with E-state index in [9.17, 15) is 4.79 Å². The van der Waals surface area contributed by atoms with Crippen molar-refractivity contribution in [2.24, 2.45) is 7.05 Å². The zero-order valence-electron chi connectivity index (χ0n) is 10.8. The van der Waals surface area contributed by atoms with Crippen LogP contribution in [0.3, 0.4) is 0 Å². The van der Waals surface area contributed by atoms with Crippen LogP contribution in [0.15, 0.2) is 36.5 Å². The number of halogens is 1. The SMILES string of the molecule is CN(Cc1ccn(C)n1)C(=O)Nc1cccc(Cl)c1. The number of nitrogens with one attached hydrogen (secondary N) is 1. The number of benzene rings is 1. The second-order valence-electron chi connectivity index (χ2n) is 4.28. The molecule has 0 unspecified atom stereocenters. The molecular formula is C13H15ClN4O. The molecule has 2 rings (SSSR count). The molecule has 0 radical (unpaired) electrons. The Bertz CT molecular complexity index is 582. The van der Waals surface area contributed by atoms with Gasteiger partial charge in [-0.1, -0.05) is 17.7 Å². The first-order chi connectivity index (χ1) is 9.04. The molecule has 0 aliphatic carbocycles. The topological polar surface area (TPSA) is 50.2 Å². The standard InChI is InChI=1S/C13H15ClN4O/c1-17(9-12-6-7-18(2)16-12)13(19)15-11-5-3-4-10(14)8-11/h3-8H,9H2,1-2H3,(H,15,19). The van der Waals surface area contributed by atoms with Crippen LogP contribution in [0.25, 0.3) is 0 Å². The molecule has 1 heterocycles. The number of carbonyl (C=O) groups is 1. The lowest BCUT2D eigenvalue weighted by Crippen LogP contribution is -2.31. The van der Waals surface area contributed by atoms with E-state index in [1.54, 1.807) is 40.9 Å². The number of carbonyl (C=O) groups excluding carboxylic acids is 1. The van der Waals surface area contributed by atoms with Crippen LogP contribution in [-0.2, 0) is 13.6 Å². The third-order valence-corrected chi connectivity index (χ3v) is 2.83. The van der Waals surface area contributed by atoms with Gasteiger partial charge in [-0.3, -0.25) is 4.68 Å². The van der Waals surface area contributed by atoms with Gasteiger partial charge < -0.3 is 10.2 Å². The van der Waals surface area contributed by atoms with Crippen LogP contribution in [0, 0.1) is 0 Å². The Labute approximate surface area is 116 Å². The Morgan fingerprint density at radius 2 is 2.26 bits per heavy atom. The summed E-state index contributed by atoms with van der Waals surface area (Å²) in [4.78, 5) is 13.5. The van der Waals surface area contributed by atoms with Crippen molar-refractivity contribution < 1.29 is 4.79 Å².